The van der Waals surface area contributed by atoms with Crippen molar-refractivity contribution < 1.29 is 8.83 Å². The Morgan fingerprint density at radius 3 is 2.27 bits per heavy atom. The predicted octanol–water partition coefficient (Wildman–Crippen LogP) is 0.642. The summed E-state index contributed by atoms with van der Waals surface area (Å²) in [6.07, 6.45) is 7.45. The molecule has 0 radical (unpaired) electrons. The van der Waals surface area contributed by atoms with Crippen molar-refractivity contribution in [2.45, 2.75) is 0 Å². The molecule has 1 N–H and O–H groups in total. The van der Waals surface area contributed by atoms with Crippen LogP contribution in [0.5, 0.6) is 0 Å². The van der Waals surface area contributed by atoms with Crippen molar-refractivity contribution in [1.29, 1.82) is 0 Å². The molecule has 0 aliphatic rings. The lowest BCUT2D eigenvalue weighted by atomic mass is 11.0. The highest BCUT2D eigenvalue weighted by Gasteiger charge is 1.77. The molecule has 0 bridgehead atoms. The fraction of sp³-hybridized carbons (Fsp3) is 0. The van der Waals surface area contributed by atoms with E-state index in [9.17, 15) is 4.79 Å². The van der Waals surface area contributed by atoms with Gasteiger partial charge in [-0.15, -0.1) is 0 Å². The molecule has 2 aromatic rings. The minimum atomic E-state index is -0.657. The van der Waals surface area contributed by atoms with Crippen molar-refractivity contribution in [1.82, 2.24) is 9.97 Å². The van der Waals surface area contributed by atoms with Crippen LogP contribution in [0.4, 0.5) is 0 Å². The van der Waals surface area contributed by atoms with Gasteiger partial charge in [0.1, 0.15) is 12.5 Å². The Bertz CT molecular complexity index is 274. The monoisotopic (exact) mass is 154 g/mol. The van der Waals surface area contributed by atoms with Crippen molar-refractivity contribution >= 4 is 0 Å². The van der Waals surface area contributed by atoms with Gasteiger partial charge in [0, 0.05) is 12.4 Å². The van der Waals surface area contributed by atoms with Gasteiger partial charge in [0.25, 0.3) is 0 Å². The second-order valence-electron chi connectivity index (χ2n) is 1.52. The number of aromatic amines is 1. The molecular formula is C6H6N2O3. The van der Waals surface area contributed by atoms with Gasteiger partial charge >= 0.3 is 5.82 Å². The smallest absolute Gasteiger partial charge is 0.399 e. The average Bonchev–Trinajstić information content (AvgIpc) is 2.57. The van der Waals surface area contributed by atoms with Crippen LogP contribution in [0.1, 0.15) is 0 Å². The zero-order chi connectivity index (χ0) is 7.94. The molecule has 0 saturated heterocycles. The third-order valence-corrected chi connectivity index (χ3v) is 0.790. The first-order valence-corrected chi connectivity index (χ1v) is 2.84. The number of hydrogen-bond acceptors (Lipinski definition) is 4. The van der Waals surface area contributed by atoms with Gasteiger partial charge in [0.15, 0.2) is 0 Å². The Morgan fingerprint density at radius 1 is 1.36 bits per heavy atom. The van der Waals surface area contributed by atoms with E-state index in [0.717, 1.165) is 0 Å². The Hall–Kier alpha value is -1.78. The topological polar surface area (TPSA) is 72.0 Å². The minimum Gasteiger partial charge on any atom is -0.399 e. The summed E-state index contributed by atoms with van der Waals surface area (Å²) in [4.78, 5) is 16.2. The molecule has 0 aliphatic carbocycles. The van der Waals surface area contributed by atoms with E-state index >= 15 is 0 Å². The molecule has 2 rings (SSSR count). The van der Waals surface area contributed by atoms with Crippen LogP contribution in [0, 0.1) is 0 Å². The molecule has 58 valence electrons. The second-order valence-corrected chi connectivity index (χ2v) is 1.52. The SMILES string of the molecule is O=c1occo1.c1c[nH]cn1. The fourth-order valence-electron chi connectivity index (χ4n) is 0.410. The molecule has 0 aliphatic heterocycles. The van der Waals surface area contributed by atoms with Crippen LogP contribution in [0.2, 0.25) is 0 Å². The van der Waals surface area contributed by atoms with E-state index in [4.69, 9.17) is 0 Å². The first-order chi connectivity index (χ1) is 5.39. The second kappa shape index (κ2) is 4.10. The average molecular weight is 154 g/mol. The Morgan fingerprint density at radius 2 is 2.09 bits per heavy atom. The Kier molecular flexibility index (Phi) is 2.73. The molecule has 11 heavy (non-hydrogen) atoms. The Labute approximate surface area is 61.7 Å². The van der Waals surface area contributed by atoms with Gasteiger partial charge in [-0.1, -0.05) is 0 Å². The minimum absolute atomic E-state index is 0.657. The molecule has 2 aromatic heterocycles. The van der Waals surface area contributed by atoms with E-state index in [1.165, 1.54) is 12.5 Å². The van der Waals surface area contributed by atoms with Gasteiger partial charge in [-0.3, -0.25) is 0 Å². The van der Waals surface area contributed by atoms with Crippen LogP contribution in [0.25, 0.3) is 0 Å². The van der Waals surface area contributed by atoms with E-state index in [2.05, 4.69) is 18.8 Å². The normalized spacial score (nSPS) is 8.36. The molecule has 0 amide bonds. The highest BCUT2D eigenvalue weighted by Crippen LogP contribution is 1.70. The van der Waals surface area contributed by atoms with Crippen LogP contribution < -0.4 is 5.82 Å². The maximum absolute atomic E-state index is 9.74. The maximum Gasteiger partial charge on any atom is 0.518 e. The summed E-state index contributed by atoms with van der Waals surface area (Å²) in [5.41, 5.74) is 0. The van der Waals surface area contributed by atoms with Gasteiger partial charge in [0.05, 0.1) is 6.33 Å². The quantitative estimate of drug-likeness (QED) is 0.604. The number of aromatic nitrogens is 2. The summed E-state index contributed by atoms with van der Waals surface area (Å²) in [7, 11) is 0. The summed E-state index contributed by atoms with van der Waals surface area (Å²) in [5, 5.41) is 0. The number of rotatable bonds is 0. The molecule has 0 atom stereocenters. The van der Waals surface area contributed by atoms with Crippen molar-refractivity contribution in [2.24, 2.45) is 0 Å². The third kappa shape index (κ3) is 3.04. The van der Waals surface area contributed by atoms with Crippen LogP contribution in [-0.4, -0.2) is 9.97 Å². The summed E-state index contributed by atoms with van der Waals surface area (Å²) in [5.74, 6) is -0.657. The van der Waals surface area contributed by atoms with Gasteiger partial charge in [-0.2, -0.15) is 0 Å². The number of H-pyrrole nitrogens is 1. The predicted molar refractivity (Wildman–Crippen MR) is 35.8 cm³/mol. The van der Waals surface area contributed by atoms with Crippen LogP contribution in [0.15, 0.2) is 44.9 Å². The highest BCUT2D eigenvalue weighted by atomic mass is 16.5. The maximum atomic E-state index is 9.74. The molecule has 5 heteroatoms. The van der Waals surface area contributed by atoms with Gasteiger partial charge in [0.2, 0.25) is 0 Å². The number of imidazole rings is 1. The standard InChI is InChI=1S/C3H4N2.C3H2O3/c1-2-5-3-4-1;4-3-5-1-2-6-3/h1-3H,(H,4,5);1-2H. The van der Waals surface area contributed by atoms with Gasteiger partial charge in [-0.05, 0) is 0 Å². The molecule has 0 spiro atoms. The molecule has 0 fully saturated rings. The van der Waals surface area contributed by atoms with Crippen molar-refractivity contribution in [3.63, 3.8) is 0 Å². The van der Waals surface area contributed by atoms with Crippen molar-refractivity contribution in [2.75, 3.05) is 0 Å². The fourth-order valence-corrected chi connectivity index (χ4v) is 0.410. The third-order valence-electron chi connectivity index (χ3n) is 0.790. The lowest BCUT2D eigenvalue weighted by molar-refractivity contribution is 0.385. The lowest BCUT2D eigenvalue weighted by Crippen LogP contribution is -1.83. The zero-order valence-corrected chi connectivity index (χ0v) is 5.56. The van der Waals surface area contributed by atoms with E-state index in [0.29, 0.717) is 0 Å². The molecule has 5 nitrogen and oxygen atoms in total. The van der Waals surface area contributed by atoms with E-state index in [1.54, 1.807) is 18.7 Å². The molecule has 2 heterocycles. The summed E-state index contributed by atoms with van der Waals surface area (Å²) in [6.45, 7) is 0. The first-order valence-electron chi connectivity index (χ1n) is 2.84. The van der Waals surface area contributed by atoms with E-state index < -0.39 is 5.82 Å². The van der Waals surface area contributed by atoms with E-state index in [-0.39, 0.29) is 0 Å². The molecule has 0 saturated carbocycles. The number of hydrogen-bond donors (Lipinski definition) is 1. The highest BCUT2D eigenvalue weighted by molar-refractivity contribution is 4.64. The van der Waals surface area contributed by atoms with E-state index in [1.807, 2.05) is 0 Å². The zero-order valence-electron chi connectivity index (χ0n) is 5.56. The summed E-state index contributed by atoms with van der Waals surface area (Å²) in [6, 6.07) is 0. The van der Waals surface area contributed by atoms with Gasteiger partial charge < -0.3 is 13.8 Å². The summed E-state index contributed by atoms with van der Waals surface area (Å²) >= 11 is 0. The first kappa shape index (κ1) is 7.33. The van der Waals surface area contributed by atoms with Crippen LogP contribution >= 0.6 is 0 Å². The lowest BCUT2D eigenvalue weighted by Gasteiger charge is -1.49. The molecular weight excluding hydrogens is 148 g/mol. The largest absolute Gasteiger partial charge is 0.518 e. The van der Waals surface area contributed by atoms with Crippen molar-refractivity contribution in [3.05, 3.63) is 41.9 Å². The van der Waals surface area contributed by atoms with Crippen LogP contribution in [-0.2, 0) is 0 Å². The Balaban J connectivity index is 0.000000112. The molecule has 0 unspecified atom stereocenters. The van der Waals surface area contributed by atoms with Gasteiger partial charge in [-0.25, -0.2) is 9.78 Å². The number of nitrogens with zero attached hydrogens (tertiary/aromatic N) is 1. The van der Waals surface area contributed by atoms with Crippen LogP contribution in [0.3, 0.4) is 0 Å². The van der Waals surface area contributed by atoms with Crippen molar-refractivity contribution in [3.8, 4) is 0 Å². The molecule has 0 aromatic carbocycles. The number of nitrogens with one attached hydrogen (secondary N) is 1. The summed E-state index contributed by atoms with van der Waals surface area (Å²) < 4.78 is 8.22.